The van der Waals surface area contributed by atoms with Crippen LogP contribution in [0.3, 0.4) is 0 Å². The first kappa shape index (κ1) is 14.7. The molecule has 0 spiro atoms. The van der Waals surface area contributed by atoms with Crippen LogP contribution in [0, 0.1) is 0 Å². The molecule has 0 unspecified atom stereocenters. The molecule has 1 aromatic rings. The third kappa shape index (κ3) is 4.11. The van der Waals surface area contributed by atoms with Gasteiger partial charge >= 0.3 is 11.9 Å². The second-order valence-electron chi connectivity index (χ2n) is 3.40. The minimum absolute atomic E-state index is 0.0230. The molecule has 0 aliphatic carbocycles. The normalized spacial score (nSPS) is 10.7. The number of hydrogen-bond acceptors (Lipinski definition) is 6. The average Bonchev–Trinajstić information content (AvgIpc) is 2.82. The minimum atomic E-state index is -1.21. The fourth-order valence-corrected chi connectivity index (χ4v) is 1.90. The van der Waals surface area contributed by atoms with Crippen LogP contribution in [0.25, 0.3) is 0 Å². The second kappa shape index (κ2) is 6.55. The number of nitrogens with one attached hydrogen (secondary N) is 2. The molecule has 3 N–H and O–H groups in total. The van der Waals surface area contributed by atoms with Crippen molar-refractivity contribution in [1.82, 2.24) is 5.43 Å². The zero-order valence-corrected chi connectivity index (χ0v) is 11.0. The molecule has 0 atom stereocenters. The standard InChI is InChI=1S/C11H12N2O5S/c1-6(5-8(14)15)10(16)13-12-7-3-4-19-9(7)11(17)18-2/h3-5,12H,1-2H3,(H,13,16)(H,14,15). The van der Waals surface area contributed by atoms with Gasteiger partial charge in [0.15, 0.2) is 0 Å². The highest BCUT2D eigenvalue weighted by Crippen LogP contribution is 2.22. The number of carbonyl (C=O) groups is 3. The maximum atomic E-state index is 11.5. The van der Waals surface area contributed by atoms with Crippen LogP contribution in [-0.2, 0) is 14.3 Å². The Kier molecular flexibility index (Phi) is 5.07. The lowest BCUT2D eigenvalue weighted by molar-refractivity contribution is -0.131. The molecule has 7 nitrogen and oxygen atoms in total. The van der Waals surface area contributed by atoms with E-state index in [1.54, 1.807) is 11.4 Å². The van der Waals surface area contributed by atoms with Gasteiger partial charge < -0.3 is 9.84 Å². The maximum absolute atomic E-state index is 11.5. The molecule has 0 radical (unpaired) electrons. The lowest BCUT2D eigenvalue weighted by Gasteiger charge is -2.08. The van der Waals surface area contributed by atoms with Crippen LogP contribution >= 0.6 is 11.3 Å². The monoisotopic (exact) mass is 284 g/mol. The number of amides is 1. The quantitative estimate of drug-likeness (QED) is 0.423. The van der Waals surface area contributed by atoms with Crippen molar-refractivity contribution in [2.75, 3.05) is 12.5 Å². The molecule has 1 heterocycles. The molecular formula is C11H12N2O5S. The van der Waals surface area contributed by atoms with Gasteiger partial charge in [0.05, 0.1) is 12.8 Å². The Morgan fingerprint density at radius 3 is 2.68 bits per heavy atom. The summed E-state index contributed by atoms with van der Waals surface area (Å²) in [4.78, 5) is 33.6. The fraction of sp³-hybridized carbons (Fsp3) is 0.182. The van der Waals surface area contributed by atoms with Crippen molar-refractivity contribution in [1.29, 1.82) is 0 Å². The number of carboxylic acid groups (broad SMARTS) is 1. The number of aliphatic carboxylic acids is 1. The molecular weight excluding hydrogens is 272 g/mol. The van der Waals surface area contributed by atoms with Gasteiger partial charge in [-0.1, -0.05) is 0 Å². The van der Waals surface area contributed by atoms with Crippen molar-refractivity contribution in [2.45, 2.75) is 6.92 Å². The molecule has 0 saturated carbocycles. The van der Waals surface area contributed by atoms with Crippen molar-refractivity contribution in [3.63, 3.8) is 0 Å². The third-order valence-corrected chi connectivity index (χ3v) is 2.94. The van der Waals surface area contributed by atoms with Gasteiger partial charge in [-0.25, -0.2) is 9.59 Å². The van der Waals surface area contributed by atoms with Crippen LogP contribution < -0.4 is 10.9 Å². The van der Waals surface area contributed by atoms with Gasteiger partial charge in [-0.05, 0) is 18.4 Å². The number of esters is 1. The molecule has 0 saturated heterocycles. The van der Waals surface area contributed by atoms with Crippen molar-refractivity contribution in [3.8, 4) is 0 Å². The summed E-state index contributed by atoms with van der Waals surface area (Å²) in [5.74, 6) is -2.34. The predicted molar refractivity (Wildman–Crippen MR) is 68.8 cm³/mol. The Balaban J connectivity index is 2.68. The van der Waals surface area contributed by atoms with E-state index in [4.69, 9.17) is 5.11 Å². The van der Waals surface area contributed by atoms with E-state index in [-0.39, 0.29) is 5.57 Å². The van der Waals surface area contributed by atoms with E-state index < -0.39 is 17.8 Å². The summed E-state index contributed by atoms with van der Waals surface area (Å²) in [5.41, 5.74) is 5.23. The average molecular weight is 284 g/mol. The first-order valence-corrected chi connectivity index (χ1v) is 5.97. The Bertz CT molecular complexity index is 535. The molecule has 19 heavy (non-hydrogen) atoms. The van der Waals surface area contributed by atoms with Gasteiger partial charge in [0.25, 0.3) is 5.91 Å². The van der Waals surface area contributed by atoms with Crippen LogP contribution in [0.4, 0.5) is 5.69 Å². The summed E-state index contributed by atoms with van der Waals surface area (Å²) >= 11 is 1.16. The van der Waals surface area contributed by atoms with Gasteiger partial charge in [0.1, 0.15) is 4.88 Å². The smallest absolute Gasteiger partial charge is 0.350 e. The number of hydrazine groups is 1. The summed E-state index contributed by atoms with van der Waals surface area (Å²) in [6.45, 7) is 1.36. The summed E-state index contributed by atoms with van der Waals surface area (Å²) in [6.07, 6.45) is 0.784. The topological polar surface area (TPSA) is 105 Å². The number of anilines is 1. The van der Waals surface area contributed by atoms with Crippen LogP contribution in [-0.4, -0.2) is 30.1 Å². The highest BCUT2D eigenvalue weighted by Gasteiger charge is 2.14. The van der Waals surface area contributed by atoms with Gasteiger partial charge in [0, 0.05) is 11.6 Å². The Labute approximate surface area is 112 Å². The molecule has 102 valence electrons. The Morgan fingerprint density at radius 2 is 2.11 bits per heavy atom. The van der Waals surface area contributed by atoms with Crippen LogP contribution in [0.5, 0.6) is 0 Å². The van der Waals surface area contributed by atoms with E-state index in [1.807, 2.05) is 0 Å². The number of methoxy groups -OCH3 is 1. The highest BCUT2D eigenvalue weighted by molar-refractivity contribution is 7.12. The number of carbonyl (C=O) groups excluding carboxylic acids is 2. The van der Waals surface area contributed by atoms with Crippen LogP contribution in [0.2, 0.25) is 0 Å². The van der Waals surface area contributed by atoms with Gasteiger partial charge in [-0.3, -0.25) is 15.6 Å². The molecule has 0 fully saturated rings. The second-order valence-corrected chi connectivity index (χ2v) is 4.32. The van der Waals surface area contributed by atoms with Gasteiger partial charge in [-0.2, -0.15) is 0 Å². The van der Waals surface area contributed by atoms with Gasteiger partial charge in [-0.15, -0.1) is 11.3 Å². The van der Waals surface area contributed by atoms with Crippen LogP contribution in [0.15, 0.2) is 23.1 Å². The zero-order valence-electron chi connectivity index (χ0n) is 10.2. The fourth-order valence-electron chi connectivity index (χ4n) is 1.13. The lowest BCUT2D eigenvalue weighted by atomic mass is 10.3. The predicted octanol–water partition coefficient (Wildman–Crippen LogP) is 1.01. The number of ether oxygens (including phenoxy) is 1. The van der Waals surface area contributed by atoms with E-state index in [9.17, 15) is 14.4 Å². The largest absolute Gasteiger partial charge is 0.478 e. The van der Waals surface area contributed by atoms with Crippen molar-refractivity contribution < 1.29 is 24.2 Å². The molecule has 0 bridgehead atoms. The van der Waals surface area contributed by atoms with Crippen molar-refractivity contribution in [3.05, 3.63) is 28.0 Å². The Hall–Kier alpha value is -2.35. The van der Waals surface area contributed by atoms with Crippen molar-refractivity contribution >= 4 is 34.9 Å². The van der Waals surface area contributed by atoms with E-state index in [0.717, 1.165) is 17.4 Å². The van der Waals surface area contributed by atoms with E-state index >= 15 is 0 Å². The minimum Gasteiger partial charge on any atom is -0.478 e. The molecule has 0 aromatic carbocycles. The van der Waals surface area contributed by atoms with Crippen molar-refractivity contribution in [2.24, 2.45) is 0 Å². The third-order valence-electron chi connectivity index (χ3n) is 2.04. The van der Waals surface area contributed by atoms with E-state index in [1.165, 1.54) is 14.0 Å². The summed E-state index contributed by atoms with van der Waals surface area (Å²) < 4.78 is 4.57. The number of hydrogen-bond donors (Lipinski definition) is 3. The molecule has 8 heteroatoms. The molecule has 1 aromatic heterocycles. The molecule has 0 aliphatic heterocycles. The first-order chi connectivity index (χ1) is 8.95. The molecule has 1 amide bonds. The maximum Gasteiger partial charge on any atom is 0.350 e. The molecule has 1 rings (SSSR count). The molecule has 0 aliphatic rings. The number of carboxylic acids is 1. The van der Waals surface area contributed by atoms with Crippen LogP contribution in [0.1, 0.15) is 16.6 Å². The highest BCUT2D eigenvalue weighted by atomic mass is 32.1. The lowest BCUT2D eigenvalue weighted by Crippen LogP contribution is -2.30. The van der Waals surface area contributed by atoms with Gasteiger partial charge in [0.2, 0.25) is 0 Å². The Morgan fingerprint density at radius 1 is 1.42 bits per heavy atom. The summed E-state index contributed by atoms with van der Waals surface area (Å²) in [5, 5.41) is 10.2. The van der Waals surface area contributed by atoms with E-state index in [0.29, 0.717) is 10.6 Å². The summed E-state index contributed by atoms with van der Waals surface area (Å²) in [6, 6.07) is 1.59. The van der Waals surface area contributed by atoms with E-state index in [2.05, 4.69) is 15.6 Å². The first-order valence-electron chi connectivity index (χ1n) is 5.09. The zero-order chi connectivity index (χ0) is 14.4. The summed E-state index contributed by atoms with van der Waals surface area (Å²) in [7, 11) is 1.25. The number of rotatable bonds is 5. The SMILES string of the molecule is COC(=O)c1sccc1NNC(=O)C(C)=CC(=O)O. The number of thiophene rings is 1.